The van der Waals surface area contributed by atoms with E-state index >= 15 is 0 Å². The first-order chi connectivity index (χ1) is 7.98. The minimum Gasteiger partial charge on any atom is -0.389 e. The van der Waals surface area contributed by atoms with Crippen LogP contribution in [0.3, 0.4) is 0 Å². The van der Waals surface area contributed by atoms with Crippen molar-refractivity contribution in [1.29, 1.82) is 0 Å². The number of aliphatic hydroxyl groups is 1. The monoisotopic (exact) mass is 252 g/mol. The van der Waals surface area contributed by atoms with Crippen molar-refractivity contribution in [2.75, 3.05) is 23.7 Å². The maximum atomic E-state index is 9.45. The van der Waals surface area contributed by atoms with Gasteiger partial charge in [0.2, 0.25) is 0 Å². The molecule has 1 N–H and O–H groups in total. The molecule has 0 spiro atoms. The Kier molecular flexibility index (Phi) is 3.64. The van der Waals surface area contributed by atoms with Crippen LogP contribution in [0.5, 0.6) is 0 Å². The summed E-state index contributed by atoms with van der Waals surface area (Å²) >= 11 is 2.02. The number of pyridine rings is 1. The molecule has 1 aliphatic heterocycles. The summed E-state index contributed by atoms with van der Waals surface area (Å²) in [7, 11) is 0. The third kappa shape index (κ3) is 3.13. The van der Waals surface area contributed by atoms with E-state index in [-0.39, 0.29) is 0 Å². The van der Waals surface area contributed by atoms with Crippen LogP contribution in [0.2, 0.25) is 0 Å². The van der Waals surface area contributed by atoms with Gasteiger partial charge in [0.05, 0.1) is 6.10 Å². The van der Waals surface area contributed by atoms with Crippen LogP contribution in [0.25, 0.3) is 0 Å². The van der Waals surface area contributed by atoms with E-state index in [4.69, 9.17) is 0 Å². The molecule has 1 fully saturated rings. The summed E-state index contributed by atoms with van der Waals surface area (Å²) in [6.45, 7) is 8.38. The Morgan fingerprint density at radius 3 is 2.76 bits per heavy atom. The van der Waals surface area contributed by atoms with E-state index in [1.165, 1.54) is 0 Å². The molecule has 1 saturated heterocycles. The second kappa shape index (κ2) is 4.86. The molecule has 2 rings (SSSR count). The standard InChI is InChI=1S/C13H20N2OS/c1-10(16)11-4-5-12(14-8-11)15-6-7-17-13(2,3)9-15/h4-5,8,10,16H,6-7,9H2,1-3H3/t10-/m1/s1. The van der Waals surface area contributed by atoms with Gasteiger partial charge in [-0.3, -0.25) is 0 Å². The second-order valence-electron chi connectivity index (χ2n) is 5.16. The molecule has 0 radical (unpaired) electrons. The highest BCUT2D eigenvalue weighted by Crippen LogP contribution is 2.31. The molecular weight excluding hydrogens is 232 g/mol. The average molecular weight is 252 g/mol. The summed E-state index contributed by atoms with van der Waals surface area (Å²) in [5, 5.41) is 9.45. The Morgan fingerprint density at radius 2 is 2.24 bits per heavy atom. The largest absolute Gasteiger partial charge is 0.389 e. The summed E-state index contributed by atoms with van der Waals surface area (Å²) in [5.41, 5.74) is 0.874. The predicted octanol–water partition coefficient (Wildman–Crippen LogP) is 2.47. The van der Waals surface area contributed by atoms with Gasteiger partial charge in [0.25, 0.3) is 0 Å². The van der Waals surface area contributed by atoms with Gasteiger partial charge < -0.3 is 10.0 Å². The zero-order valence-electron chi connectivity index (χ0n) is 10.7. The van der Waals surface area contributed by atoms with Crippen molar-refractivity contribution in [3.8, 4) is 0 Å². The number of anilines is 1. The lowest BCUT2D eigenvalue weighted by Crippen LogP contribution is -2.43. The quantitative estimate of drug-likeness (QED) is 0.877. The number of aromatic nitrogens is 1. The summed E-state index contributed by atoms with van der Waals surface area (Å²) < 4.78 is 0.295. The van der Waals surface area contributed by atoms with Crippen LogP contribution in [0.1, 0.15) is 32.4 Å². The van der Waals surface area contributed by atoms with Crippen molar-refractivity contribution in [1.82, 2.24) is 4.98 Å². The van der Waals surface area contributed by atoms with Gasteiger partial charge in [-0.1, -0.05) is 6.07 Å². The van der Waals surface area contributed by atoms with Crippen molar-refractivity contribution >= 4 is 17.6 Å². The molecule has 94 valence electrons. The summed E-state index contributed by atoms with van der Waals surface area (Å²) in [6.07, 6.45) is 1.33. The third-order valence-corrected chi connectivity index (χ3v) is 4.30. The SMILES string of the molecule is C[C@@H](O)c1ccc(N2CCSC(C)(C)C2)nc1. The fourth-order valence-electron chi connectivity index (χ4n) is 2.04. The molecule has 17 heavy (non-hydrogen) atoms. The third-order valence-electron chi connectivity index (χ3n) is 3.00. The Labute approximate surface area is 107 Å². The highest BCUT2D eigenvalue weighted by molar-refractivity contribution is 8.00. The van der Waals surface area contributed by atoms with E-state index in [0.29, 0.717) is 4.75 Å². The highest BCUT2D eigenvalue weighted by atomic mass is 32.2. The van der Waals surface area contributed by atoms with E-state index in [9.17, 15) is 5.11 Å². The van der Waals surface area contributed by atoms with Gasteiger partial charge in [-0.2, -0.15) is 11.8 Å². The fourth-order valence-corrected chi connectivity index (χ4v) is 3.16. The molecule has 3 nitrogen and oxygen atoms in total. The van der Waals surface area contributed by atoms with Gasteiger partial charge in [0.1, 0.15) is 5.82 Å². The van der Waals surface area contributed by atoms with Crippen molar-refractivity contribution in [3.63, 3.8) is 0 Å². The first kappa shape index (κ1) is 12.7. The number of thioether (sulfide) groups is 1. The van der Waals surface area contributed by atoms with Gasteiger partial charge in [-0.05, 0) is 32.4 Å². The molecule has 0 aliphatic carbocycles. The van der Waals surface area contributed by atoms with Crippen LogP contribution in [-0.2, 0) is 0 Å². The molecule has 0 amide bonds. The summed E-state index contributed by atoms with van der Waals surface area (Å²) in [6, 6.07) is 3.97. The Balaban J connectivity index is 2.12. The fraction of sp³-hybridized carbons (Fsp3) is 0.615. The minimum absolute atomic E-state index is 0.295. The molecular formula is C13H20N2OS. The van der Waals surface area contributed by atoms with Gasteiger partial charge in [0.15, 0.2) is 0 Å². The predicted molar refractivity (Wildman–Crippen MR) is 73.6 cm³/mol. The Bertz CT molecular complexity index is 376. The number of rotatable bonds is 2. The molecule has 1 aliphatic rings. The zero-order valence-corrected chi connectivity index (χ0v) is 11.5. The van der Waals surface area contributed by atoms with Gasteiger partial charge in [-0.25, -0.2) is 4.98 Å². The lowest BCUT2D eigenvalue weighted by Gasteiger charge is -2.38. The Morgan fingerprint density at radius 1 is 1.47 bits per heavy atom. The molecule has 1 atom stereocenters. The maximum Gasteiger partial charge on any atom is 0.128 e. The van der Waals surface area contributed by atoms with E-state index < -0.39 is 6.10 Å². The van der Waals surface area contributed by atoms with Crippen LogP contribution < -0.4 is 4.90 Å². The van der Waals surface area contributed by atoms with E-state index in [1.54, 1.807) is 13.1 Å². The normalized spacial score (nSPS) is 21.3. The zero-order chi connectivity index (χ0) is 12.5. The summed E-state index contributed by atoms with van der Waals surface area (Å²) in [5.74, 6) is 2.16. The van der Waals surface area contributed by atoms with Crippen LogP contribution in [-0.4, -0.2) is 33.7 Å². The van der Waals surface area contributed by atoms with Crippen molar-refractivity contribution in [2.45, 2.75) is 31.6 Å². The summed E-state index contributed by atoms with van der Waals surface area (Å²) in [4.78, 5) is 6.77. The second-order valence-corrected chi connectivity index (χ2v) is 6.96. The molecule has 0 bridgehead atoms. The topological polar surface area (TPSA) is 36.4 Å². The minimum atomic E-state index is -0.440. The molecule has 0 unspecified atom stereocenters. The smallest absolute Gasteiger partial charge is 0.128 e. The van der Waals surface area contributed by atoms with Crippen LogP contribution in [0.4, 0.5) is 5.82 Å². The highest BCUT2D eigenvalue weighted by Gasteiger charge is 2.27. The maximum absolute atomic E-state index is 9.45. The first-order valence-corrected chi connectivity index (χ1v) is 6.99. The van der Waals surface area contributed by atoms with Crippen LogP contribution in [0.15, 0.2) is 18.3 Å². The number of hydrogen-bond acceptors (Lipinski definition) is 4. The van der Waals surface area contributed by atoms with E-state index in [0.717, 1.165) is 30.2 Å². The average Bonchev–Trinajstić information content (AvgIpc) is 2.28. The molecule has 2 heterocycles. The molecule has 0 aromatic carbocycles. The van der Waals surface area contributed by atoms with Crippen LogP contribution in [0, 0.1) is 0 Å². The Hall–Kier alpha value is -0.740. The van der Waals surface area contributed by atoms with Crippen molar-refractivity contribution in [3.05, 3.63) is 23.9 Å². The molecule has 0 saturated carbocycles. The van der Waals surface area contributed by atoms with Crippen molar-refractivity contribution < 1.29 is 5.11 Å². The van der Waals surface area contributed by atoms with E-state index in [1.807, 2.05) is 23.9 Å². The molecule has 4 heteroatoms. The van der Waals surface area contributed by atoms with Crippen molar-refractivity contribution in [2.24, 2.45) is 0 Å². The first-order valence-electron chi connectivity index (χ1n) is 6.01. The molecule has 1 aromatic rings. The number of aliphatic hydroxyl groups excluding tert-OH is 1. The van der Waals surface area contributed by atoms with E-state index in [2.05, 4.69) is 23.7 Å². The van der Waals surface area contributed by atoms with Crippen LogP contribution >= 0.6 is 11.8 Å². The number of hydrogen-bond donors (Lipinski definition) is 1. The lowest BCUT2D eigenvalue weighted by atomic mass is 10.1. The van der Waals surface area contributed by atoms with Gasteiger partial charge >= 0.3 is 0 Å². The van der Waals surface area contributed by atoms with Gasteiger partial charge in [-0.15, -0.1) is 0 Å². The lowest BCUT2D eigenvalue weighted by molar-refractivity contribution is 0.199. The number of nitrogens with zero attached hydrogens (tertiary/aromatic N) is 2. The molecule has 1 aromatic heterocycles. The van der Waals surface area contributed by atoms with Gasteiger partial charge in [0, 0.05) is 29.8 Å².